The number of hydrogen-bond donors (Lipinski definition) is 2. The van der Waals surface area contributed by atoms with Crippen LogP contribution in [0.1, 0.15) is 30.1 Å². The summed E-state index contributed by atoms with van der Waals surface area (Å²) in [4.78, 5) is 57.6. The predicted molar refractivity (Wildman–Crippen MR) is 143 cm³/mol. The van der Waals surface area contributed by atoms with Gasteiger partial charge in [0.1, 0.15) is 12.4 Å². The Morgan fingerprint density at radius 1 is 1.10 bits per heavy atom. The van der Waals surface area contributed by atoms with Crippen LogP contribution >= 0.6 is 23.2 Å². The monoisotopic (exact) mass is 614 g/mol. The van der Waals surface area contributed by atoms with E-state index in [2.05, 4.69) is 25.3 Å². The van der Waals surface area contributed by atoms with Gasteiger partial charge >= 0.3 is 24.1 Å². The SMILES string of the molecule is Cc1cccc(NCCOC(=O)C2(CC(=O)NC(CC(=O)OC(=O)C(F)(F)F)c3cc(Cl)cc(Cl)c3)C=CC=N2)n1. The van der Waals surface area contributed by atoms with Gasteiger partial charge in [0.2, 0.25) is 5.91 Å². The van der Waals surface area contributed by atoms with Crippen molar-refractivity contribution in [2.75, 3.05) is 18.5 Å². The number of nitrogens with zero attached hydrogens (tertiary/aromatic N) is 2. The number of aromatic nitrogens is 1. The molecule has 2 atom stereocenters. The van der Waals surface area contributed by atoms with Crippen LogP contribution in [-0.4, -0.2) is 59.9 Å². The first kappa shape index (κ1) is 31.6. The molecule has 0 aliphatic carbocycles. The van der Waals surface area contributed by atoms with Gasteiger partial charge in [0.05, 0.1) is 25.4 Å². The predicted octanol–water partition coefficient (Wildman–Crippen LogP) is 4.30. The molecule has 2 heterocycles. The Morgan fingerprint density at radius 2 is 1.80 bits per heavy atom. The van der Waals surface area contributed by atoms with Crippen LogP contribution in [0.4, 0.5) is 19.0 Å². The number of aliphatic imine (C=N–C) groups is 1. The van der Waals surface area contributed by atoms with Gasteiger partial charge in [-0.25, -0.2) is 14.6 Å². The molecular formula is C26H23Cl2F3N4O6. The summed E-state index contributed by atoms with van der Waals surface area (Å²) in [5.41, 5.74) is -0.805. The van der Waals surface area contributed by atoms with E-state index in [9.17, 15) is 32.3 Å². The molecule has 0 spiro atoms. The Bertz CT molecular complexity index is 1350. The summed E-state index contributed by atoms with van der Waals surface area (Å²) in [7, 11) is 0. The van der Waals surface area contributed by atoms with E-state index in [4.69, 9.17) is 27.9 Å². The van der Waals surface area contributed by atoms with E-state index in [1.165, 1.54) is 36.6 Å². The van der Waals surface area contributed by atoms with Crippen molar-refractivity contribution in [1.82, 2.24) is 10.3 Å². The van der Waals surface area contributed by atoms with E-state index in [0.29, 0.717) is 5.82 Å². The number of anilines is 1. The van der Waals surface area contributed by atoms with Crippen LogP contribution in [-0.2, 0) is 28.7 Å². The molecule has 1 aliphatic rings. The van der Waals surface area contributed by atoms with Crippen LogP contribution in [0.15, 0.2) is 53.5 Å². The number of carbonyl (C=O) groups excluding carboxylic acids is 4. The van der Waals surface area contributed by atoms with Crippen molar-refractivity contribution in [3.63, 3.8) is 0 Å². The molecule has 0 saturated heterocycles. The van der Waals surface area contributed by atoms with E-state index in [-0.39, 0.29) is 28.8 Å². The average Bonchev–Trinajstić information content (AvgIpc) is 3.34. The zero-order chi connectivity index (χ0) is 30.2. The maximum Gasteiger partial charge on any atom is 0.491 e. The fourth-order valence-electron chi connectivity index (χ4n) is 3.70. The number of aryl methyl sites for hydroxylation is 1. The largest absolute Gasteiger partial charge is 0.491 e. The third kappa shape index (κ3) is 9.29. The molecule has 218 valence electrons. The number of amides is 1. The van der Waals surface area contributed by atoms with Crippen molar-refractivity contribution in [3.05, 3.63) is 69.9 Å². The second kappa shape index (κ2) is 13.6. The summed E-state index contributed by atoms with van der Waals surface area (Å²) in [6, 6.07) is 8.01. The quantitative estimate of drug-likeness (QED) is 0.217. The lowest BCUT2D eigenvalue weighted by molar-refractivity contribution is -0.202. The maximum absolute atomic E-state index is 13.1. The van der Waals surface area contributed by atoms with Gasteiger partial charge in [-0.2, -0.15) is 13.2 Å². The summed E-state index contributed by atoms with van der Waals surface area (Å²) < 4.78 is 46.8. The van der Waals surface area contributed by atoms with Crippen molar-refractivity contribution >= 4 is 59.0 Å². The third-order valence-electron chi connectivity index (χ3n) is 5.51. The summed E-state index contributed by atoms with van der Waals surface area (Å²) in [6.07, 6.45) is -2.77. The van der Waals surface area contributed by atoms with E-state index in [1.807, 2.05) is 13.0 Å². The molecule has 0 fully saturated rings. The smallest absolute Gasteiger partial charge is 0.462 e. The first-order chi connectivity index (χ1) is 19.3. The summed E-state index contributed by atoms with van der Waals surface area (Å²) in [5, 5.41) is 5.64. The number of esters is 3. The lowest BCUT2D eigenvalue weighted by Gasteiger charge is -2.24. The van der Waals surface area contributed by atoms with Crippen molar-refractivity contribution in [2.45, 2.75) is 37.5 Å². The van der Waals surface area contributed by atoms with Gasteiger partial charge in [-0.05, 0) is 55.0 Å². The zero-order valence-electron chi connectivity index (χ0n) is 21.3. The normalized spacial score (nSPS) is 16.6. The molecule has 1 aromatic heterocycles. The van der Waals surface area contributed by atoms with Crippen LogP contribution in [0.25, 0.3) is 0 Å². The second-order valence-corrected chi connectivity index (χ2v) is 9.62. The topological polar surface area (TPSA) is 136 Å². The number of ether oxygens (including phenoxy) is 2. The Morgan fingerprint density at radius 3 is 2.41 bits per heavy atom. The highest BCUT2D eigenvalue weighted by molar-refractivity contribution is 6.34. The molecule has 2 aromatic rings. The van der Waals surface area contributed by atoms with Crippen LogP contribution < -0.4 is 10.6 Å². The first-order valence-electron chi connectivity index (χ1n) is 11.9. The molecule has 41 heavy (non-hydrogen) atoms. The summed E-state index contributed by atoms with van der Waals surface area (Å²) >= 11 is 12.0. The number of carbonyl (C=O) groups is 4. The number of alkyl halides is 3. The van der Waals surface area contributed by atoms with Gasteiger partial charge in [0.25, 0.3) is 0 Å². The molecular weight excluding hydrogens is 592 g/mol. The van der Waals surface area contributed by atoms with Crippen LogP contribution in [0.2, 0.25) is 10.0 Å². The highest BCUT2D eigenvalue weighted by Gasteiger charge is 2.43. The van der Waals surface area contributed by atoms with Crippen molar-refractivity contribution in [3.8, 4) is 0 Å². The Balaban J connectivity index is 1.68. The lowest BCUT2D eigenvalue weighted by Crippen LogP contribution is -2.42. The molecule has 1 aromatic carbocycles. The second-order valence-electron chi connectivity index (χ2n) is 8.75. The maximum atomic E-state index is 13.1. The minimum Gasteiger partial charge on any atom is -0.462 e. The van der Waals surface area contributed by atoms with Gasteiger partial charge in [-0.15, -0.1) is 0 Å². The molecule has 2 unspecified atom stereocenters. The molecule has 0 saturated carbocycles. The third-order valence-corrected chi connectivity index (χ3v) is 5.94. The van der Waals surface area contributed by atoms with Gasteiger partial charge in [0.15, 0.2) is 5.54 Å². The minimum atomic E-state index is -5.40. The molecule has 10 nitrogen and oxygen atoms in total. The molecule has 15 heteroatoms. The Hall–Kier alpha value is -3.97. The summed E-state index contributed by atoms with van der Waals surface area (Å²) in [6.45, 7) is 1.96. The Kier molecular flexibility index (Phi) is 10.5. The van der Waals surface area contributed by atoms with Crippen molar-refractivity contribution in [1.29, 1.82) is 0 Å². The molecule has 2 N–H and O–H groups in total. The van der Waals surface area contributed by atoms with Crippen LogP contribution in [0, 0.1) is 6.92 Å². The zero-order valence-corrected chi connectivity index (χ0v) is 22.8. The lowest BCUT2D eigenvalue weighted by atomic mass is 9.95. The van der Waals surface area contributed by atoms with E-state index in [1.54, 1.807) is 12.1 Å². The standard InChI is InChI=1S/C26H23Cl2F3N4O6/c1-15-4-2-5-20(34-15)32-8-9-40-23(38)25(6-3-7-33-25)14-21(36)35-19(16-10-17(27)12-18(28)11-16)13-22(37)41-24(39)26(29,30)31/h2-7,10-12,19H,8-9,13-14H2,1H3,(H,32,34)(H,35,36). The van der Waals surface area contributed by atoms with Gasteiger partial charge < -0.3 is 20.1 Å². The van der Waals surface area contributed by atoms with Crippen molar-refractivity contribution in [2.24, 2.45) is 4.99 Å². The fourth-order valence-corrected chi connectivity index (χ4v) is 4.24. The Labute approximate surface area is 241 Å². The molecule has 0 bridgehead atoms. The summed E-state index contributed by atoms with van der Waals surface area (Å²) in [5.74, 6) is -5.37. The van der Waals surface area contributed by atoms with Gasteiger partial charge in [-0.3, -0.25) is 14.6 Å². The van der Waals surface area contributed by atoms with Crippen LogP contribution in [0.5, 0.6) is 0 Å². The van der Waals surface area contributed by atoms with Crippen LogP contribution in [0.3, 0.4) is 0 Å². The highest BCUT2D eigenvalue weighted by Crippen LogP contribution is 2.28. The number of halogens is 5. The van der Waals surface area contributed by atoms with E-state index in [0.717, 1.165) is 5.69 Å². The number of benzene rings is 1. The molecule has 3 rings (SSSR count). The number of pyridine rings is 1. The fraction of sp³-hybridized carbons (Fsp3) is 0.308. The first-order valence-corrected chi connectivity index (χ1v) is 12.7. The van der Waals surface area contributed by atoms with Gasteiger partial charge in [0, 0.05) is 22.0 Å². The molecule has 1 amide bonds. The number of nitrogens with one attached hydrogen (secondary N) is 2. The molecule has 1 aliphatic heterocycles. The minimum absolute atomic E-state index is 0.0795. The number of rotatable bonds is 11. The molecule has 0 radical (unpaired) electrons. The van der Waals surface area contributed by atoms with E-state index >= 15 is 0 Å². The number of allylic oxidation sites excluding steroid dienone is 1. The van der Waals surface area contributed by atoms with Crippen molar-refractivity contribution < 1.29 is 41.8 Å². The average molecular weight is 615 g/mol. The highest BCUT2D eigenvalue weighted by atomic mass is 35.5. The van der Waals surface area contributed by atoms with Gasteiger partial charge in [-0.1, -0.05) is 29.3 Å². The number of hydrogen-bond acceptors (Lipinski definition) is 9. The van der Waals surface area contributed by atoms with E-state index < -0.39 is 54.4 Å².